The number of hydrogen-bond donors (Lipinski definition) is 2. The molecule has 1 aromatic rings. The molecule has 0 aliphatic rings. The Hall–Kier alpha value is -1.11. The Kier molecular flexibility index (Phi) is 5.40. The molecule has 0 spiro atoms. The third kappa shape index (κ3) is 5.67. The summed E-state index contributed by atoms with van der Waals surface area (Å²) in [6.45, 7) is -1.22. The Labute approximate surface area is 97.7 Å². The zero-order chi connectivity index (χ0) is 12.7. The number of nitrogens with one attached hydrogen (secondary N) is 1. The van der Waals surface area contributed by atoms with Crippen molar-refractivity contribution in [2.45, 2.75) is 18.6 Å². The van der Waals surface area contributed by atoms with Crippen LogP contribution >= 0.6 is 0 Å². The van der Waals surface area contributed by atoms with Crippen molar-refractivity contribution in [1.82, 2.24) is 5.43 Å². The molecule has 1 aromatic carbocycles. The van der Waals surface area contributed by atoms with Crippen LogP contribution in [0.5, 0.6) is 0 Å². The molecule has 17 heavy (non-hydrogen) atoms. The molecule has 1 atom stereocenters. The van der Waals surface area contributed by atoms with E-state index in [0.717, 1.165) is 5.56 Å². The first-order chi connectivity index (χ1) is 8.03. The number of hydrazine groups is 1. The number of rotatable bonds is 6. The van der Waals surface area contributed by atoms with Crippen LogP contribution in [0.25, 0.3) is 0 Å². The molecule has 0 aliphatic heterocycles. The van der Waals surface area contributed by atoms with Crippen LogP contribution in [0.15, 0.2) is 30.3 Å². The zero-order valence-corrected chi connectivity index (χ0v) is 9.20. The first kappa shape index (κ1) is 14.0. The summed E-state index contributed by atoms with van der Waals surface area (Å²) in [6, 6.07) is 9.05. The molecule has 0 bridgehead atoms. The highest BCUT2D eigenvalue weighted by molar-refractivity contribution is 5.18. The molecule has 0 radical (unpaired) electrons. The first-order valence-corrected chi connectivity index (χ1v) is 5.18. The van der Waals surface area contributed by atoms with Gasteiger partial charge in [-0.05, 0) is 12.0 Å². The van der Waals surface area contributed by atoms with Gasteiger partial charge in [0, 0.05) is 12.6 Å². The number of alkyl halides is 3. The molecule has 96 valence electrons. The maximum absolute atomic E-state index is 11.8. The molecular weight excluding hydrogens is 233 g/mol. The Morgan fingerprint density at radius 1 is 1.24 bits per heavy atom. The van der Waals surface area contributed by atoms with E-state index < -0.39 is 12.8 Å². The minimum absolute atomic E-state index is 0.00324. The van der Waals surface area contributed by atoms with Crippen molar-refractivity contribution < 1.29 is 17.9 Å². The van der Waals surface area contributed by atoms with Crippen molar-refractivity contribution in [2.75, 3.05) is 13.2 Å². The highest BCUT2D eigenvalue weighted by Gasteiger charge is 2.27. The molecule has 0 saturated carbocycles. The van der Waals surface area contributed by atoms with Gasteiger partial charge in [-0.1, -0.05) is 30.3 Å². The van der Waals surface area contributed by atoms with Crippen molar-refractivity contribution >= 4 is 0 Å². The van der Waals surface area contributed by atoms with E-state index in [1.165, 1.54) is 0 Å². The summed E-state index contributed by atoms with van der Waals surface area (Å²) in [7, 11) is 0. The highest BCUT2D eigenvalue weighted by Crippen LogP contribution is 2.17. The second-order valence-electron chi connectivity index (χ2n) is 3.59. The van der Waals surface area contributed by atoms with E-state index >= 15 is 0 Å². The lowest BCUT2D eigenvalue weighted by Crippen LogP contribution is -2.29. The Morgan fingerprint density at radius 3 is 2.41 bits per heavy atom. The molecule has 6 heteroatoms. The maximum atomic E-state index is 11.8. The average Bonchev–Trinajstić information content (AvgIpc) is 2.29. The van der Waals surface area contributed by atoms with Crippen LogP contribution in [0.3, 0.4) is 0 Å². The van der Waals surface area contributed by atoms with Gasteiger partial charge in [-0.15, -0.1) is 0 Å². The van der Waals surface area contributed by atoms with E-state index in [1.807, 2.05) is 30.3 Å². The summed E-state index contributed by atoms with van der Waals surface area (Å²) in [5.41, 5.74) is 3.48. The third-order valence-corrected chi connectivity index (χ3v) is 2.22. The fourth-order valence-corrected chi connectivity index (χ4v) is 1.42. The second kappa shape index (κ2) is 6.58. The van der Waals surface area contributed by atoms with E-state index in [0.29, 0.717) is 6.42 Å². The van der Waals surface area contributed by atoms with Crippen molar-refractivity contribution in [1.29, 1.82) is 0 Å². The van der Waals surface area contributed by atoms with Gasteiger partial charge in [0.05, 0.1) is 0 Å². The summed E-state index contributed by atoms with van der Waals surface area (Å²) < 4.78 is 40.0. The maximum Gasteiger partial charge on any atom is 0.411 e. The molecule has 3 N–H and O–H groups in total. The van der Waals surface area contributed by atoms with Crippen molar-refractivity contribution in [3.8, 4) is 0 Å². The minimum Gasteiger partial charge on any atom is -0.372 e. The number of halogens is 3. The molecular formula is C11H15F3N2O. The van der Waals surface area contributed by atoms with Gasteiger partial charge in [0.15, 0.2) is 0 Å². The molecule has 0 aliphatic carbocycles. The van der Waals surface area contributed by atoms with Crippen LogP contribution in [0, 0.1) is 0 Å². The Morgan fingerprint density at radius 2 is 1.88 bits per heavy atom. The van der Waals surface area contributed by atoms with Crippen LogP contribution in [0.1, 0.15) is 18.0 Å². The van der Waals surface area contributed by atoms with E-state index in [1.54, 1.807) is 0 Å². The molecule has 3 nitrogen and oxygen atoms in total. The average molecular weight is 248 g/mol. The molecule has 0 fully saturated rings. The minimum atomic E-state index is -4.28. The van der Waals surface area contributed by atoms with Crippen molar-refractivity contribution in [2.24, 2.45) is 5.84 Å². The molecule has 0 saturated heterocycles. The monoisotopic (exact) mass is 248 g/mol. The highest BCUT2D eigenvalue weighted by atomic mass is 19.4. The number of hydrogen-bond acceptors (Lipinski definition) is 3. The molecule has 1 unspecified atom stereocenters. The van der Waals surface area contributed by atoms with E-state index in [4.69, 9.17) is 5.84 Å². The number of benzene rings is 1. The quantitative estimate of drug-likeness (QED) is 0.461. The van der Waals surface area contributed by atoms with Gasteiger partial charge >= 0.3 is 6.18 Å². The largest absolute Gasteiger partial charge is 0.411 e. The van der Waals surface area contributed by atoms with Crippen LogP contribution in [0.2, 0.25) is 0 Å². The summed E-state index contributed by atoms with van der Waals surface area (Å²) >= 11 is 0. The van der Waals surface area contributed by atoms with Gasteiger partial charge in [0.25, 0.3) is 0 Å². The summed E-state index contributed by atoms with van der Waals surface area (Å²) in [5, 5.41) is 0. The van der Waals surface area contributed by atoms with Gasteiger partial charge in [0.1, 0.15) is 6.61 Å². The number of ether oxygens (including phenoxy) is 1. The molecule has 0 aromatic heterocycles. The molecule has 0 heterocycles. The van der Waals surface area contributed by atoms with Gasteiger partial charge in [0.2, 0.25) is 0 Å². The summed E-state index contributed by atoms with van der Waals surface area (Å²) in [5.74, 6) is 5.35. The first-order valence-electron chi connectivity index (χ1n) is 5.18. The predicted octanol–water partition coefficient (Wildman–Crippen LogP) is 2.16. The fraction of sp³-hybridized carbons (Fsp3) is 0.455. The van der Waals surface area contributed by atoms with Crippen molar-refractivity contribution in [3.63, 3.8) is 0 Å². The Bertz CT molecular complexity index is 316. The lowest BCUT2D eigenvalue weighted by molar-refractivity contribution is -0.174. The van der Waals surface area contributed by atoms with Crippen LogP contribution < -0.4 is 11.3 Å². The van der Waals surface area contributed by atoms with E-state index in [2.05, 4.69) is 10.2 Å². The van der Waals surface area contributed by atoms with Crippen molar-refractivity contribution in [3.05, 3.63) is 35.9 Å². The summed E-state index contributed by atoms with van der Waals surface area (Å²) in [6.07, 6.45) is -3.89. The normalized spacial score (nSPS) is 13.6. The molecule has 1 rings (SSSR count). The topological polar surface area (TPSA) is 47.3 Å². The standard InChI is InChI=1S/C11H15F3N2O/c12-11(13,14)8-17-7-6-10(16-15)9-4-2-1-3-5-9/h1-5,10,16H,6-8,15H2. The van der Waals surface area contributed by atoms with Gasteiger partial charge < -0.3 is 4.74 Å². The Balaban J connectivity index is 2.34. The SMILES string of the molecule is NNC(CCOCC(F)(F)F)c1ccccc1. The fourth-order valence-electron chi connectivity index (χ4n) is 1.42. The van der Waals surface area contributed by atoms with Crippen LogP contribution in [-0.4, -0.2) is 19.4 Å². The van der Waals surface area contributed by atoms with Gasteiger partial charge in [-0.2, -0.15) is 13.2 Å². The van der Waals surface area contributed by atoms with Gasteiger partial charge in [-0.25, -0.2) is 0 Å². The second-order valence-corrected chi connectivity index (χ2v) is 3.59. The smallest absolute Gasteiger partial charge is 0.372 e. The van der Waals surface area contributed by atoms with Gasteiger partial charge in [-0.3, -0.25) is 11.3 Å². The lowest BCUT2D eigenvalue weighted by atomic mass is 10.1. The zero-order valence-electron chi connectivity index (χ0n) is 9.20. The number of nitrogens with two attached hydrogens (primary N) is 1. The van der Waals surface area contributed by atoms with Crippen LogP contribution in [0.4, 0.5) is 13.2 Å². The lowest BCUT2D eigenvalue weighted by Gasteiger charge is -2.16. The summed E-state index contributed by atoms with van der Waals surface area (Å²) in [4.78, 5) is 0. The van der Waals surface area contributed by atoms with E-state index in [-0.39, 0.29) is 12.6 Å². The third-order valence-electron chi connectivity index (χ3n) is 2.22. The predicted molar refractivity (Wildman–Crippen MR) is 58.0 cm³/mol. The van der Waals surface area contributed by atoms with E-state index in [9.17, 15) is 13.2 Å². The molecule has 0 amide bonds. The van der Waals surface area contributed by atoms with Crippen LogP contribution in [-0.2, 0) is 4.74 Å².